The molecule has 0 aliphatic carbocycles. The van der Waals surface area contributed by atoms with Crippen molar-refractivity contribution in [2.24, 2.45) is 4.99 Å². The topological polar surface area (TPSA) is 76.0 Å². The van der Waals surface area contributed by atoms with Gasteiger partial charge >= 0.3 is 0 Å². The zero-order valence-corrected chi connectivity index (χ0v) is 17.7. The number of amidine groups is 1. The lowest BCUT2D eigenvalue weighted by Crippen LogP contribution is -2.39. The van der Waals surface area contributed by atoms with Crippen molar-refractivity contribution in [2.75, 3.05) is 25.2 Å². The molecular formula is C21H22N2O4S2. The minimum Gasteiger partial charge on any atom is -0.497 e. The summed E-state index contributed by atoms with van der Waals surface area (Å²) in [5.74, 6) is 0.603. The summed E-state index contributed by atoms with van der Waals surface area (Å²) in [7, 11) is -1.48. The molecule has 1 amide bonds. The van der Waals surface area contributed by atoms with E-state index in [1.165, 1.54) is 17.3 Å². The molecule has 0 bridgehead atoms. The third-order valence-electron chi connectivity index (χ3n) is 5.19. The first-order valence-electron chi connectivity index (χ1n) is 9.40. The molecule has 2 heterocycles. The van der Waals surface area contributed by atoms with Gasteiger partial charge < -0.3 is 9.64 Å². The molecule has 0 spiro atoms. The van der Waals surface area contributed by atoms with E-state index in [0.29, 0.717) is 23.0 Å². The van der Waals surface area contributed by atoms with E-state index < -0.39 is 9.84 Å². The zero-order valence-electron chi connectivity index (χ0n) is 16.0. The van der Waals surface area contributed by atoms with Gasteiger partial charge in [0.25, 0.3) is 5.91 Å². The van der Waals surface area contributed by atoms with Crippen LogP contribution in [0.15, 0.2) is 59.6 Å². The molecule has 2 aliphatic rings. The van der Waals surface area contributed by atoms with Crippen LogP contribution in [0.25, 0.3) is 0 Å². The molecule has 152 valence electrons. The quantitative estimate of drug-likeness (QED) is 0.726. The predicted molar refractivity (Wildman–Crippen MR) is 115 cm³/mol. The predicted octanol–water partition coefficient (Wildman–Crippen LogP) is 2.65. The first-order valence-corrected chi connectivity index (χ1v) is 12.1. The van der Waals surface area contributed by atoms with Gasteiger partial charge in [0.1, 0.15) is 5.75 Å². The van der Waals surface area contributed by atoms with Gasteiger partial charge in [0.05, 0.1) is 24.7 Å². The van der Waals surface area contributed by atoms with Crippen LogP contribution in [0.5, 0.6) is 5.75 Å². The fourth-order valence-corrected chi connectivity index (χ4v) is 7.65. The highest BCUT2D eigenvalue weighted by Gasteiger charge is 2.48. The van der Waals surface area contributed by atoms with Crippen molar-refractivity contribution < 1.29 is 17.9 Å². The van der Waals surface area contributed by atoms with E-state index in [4.69, 9.17) is 4.74 Å². The minimum absolute atomic E-state index is 0.0711. The Hall–Kier alpha value is -2.32. The van der Waals surface area contributed by atoms with Crippen molar-refractivity contribution in [2.45, 2.75) is 17.7 Å². The second-order valence-electron chi connectivity index (χ2n) is 7.16. The number of carbonyl (C=O) groups is 1. The van der Waals surface area contributed by atoms with Crippen LogP contribution in [0.2, 0.25) is 0 Å². The molecule has 8 heteroatoms. The number of thioether (sulfide) groups is 1. The Kier molecular flexibility index (Phi) is 5.65. The number of aliphatic imine (C=N–C) groups is 1. The molecule has 2 fully saturated rings. The number of hydrogen-bond acceptors (Lipinski definition) is 5. The van der Waals surface area contributed by atoms with Gasteiger partial charge in [-0.2, -0.15) is 4.99 Å². The van der Waals surface area contributed by atoms with Crippen molar-refractivity contribution in [3.05, 3.63) is 65.7 Å². The average Bonchev–Trinajstić information content (AvgIpc) is 3.18. The highest BCUT2D eigenvalue weighted by Crippen LogP contribution is 2.38. The lowest BCUT2D eigenvalue weighted by Gasteiger charge is -2.24. The maximum absolute atomic E-state index is 12.7. The van der Waals surface area contributed by atoms with E-state index in [-0.39, 0.29) is 28.7 Å². The molecule has 2 atom stereocenters. The van der Waals surface area contributed by atoms with Crippen LogP contribution in [0.3, 0.4) is 0 Å². The van der Waals surface area contributed by atoms with E-state index in [9.17, 15) is 13.2 Å². The summed E-state index contributed by atoms with van der Waals surface area (Å²) in [5, 5.41) is 0.546. The number of carbonyl (C=O) groups excluding carboxylic acids is 1. The third kappa shape index (κ3) is 4.48. The number of sulfone groups is 1. The Morgan fingerprint density at radius 1 is 1.14 bits per heavy atom. The monoisotopic (exact) mass is 430 g/mol. The smallest absolute Gasteiger partial charge is 0.279 e. The number of ether oxygens (including phenoxy) is 1. The number of nitrogens with zero attached hydrogens (tertiary/aromatic N) is 2. The molecule has 4 rings (SSSR count). The molecule has 0 saturated carbocycles. The highest BCUT2D eigenvalue weighted by molar-refractivity contribution is 8.15. The van der Waals surface area contributed by atoms with Gasteiger partial charge in [0.15, 0.2) is 15.0 Å². The lowest BCUT2D eigenvalue weighted by molar-refractivity contribution is 0.100. The molecule has 2 aromatic carbocycles. The normalized spacial score (nSPS) is 23.9. The van der Waals surface area contributed by atoms with Crippen LogP contribution in [0, 0.1) is 0 Å². The fraction of sp³-hybridized carbons (Fsp3) is 0.333. The molecule has 0 unspecified atom stereocenters. The summed E-state index contributed by atoms with van der Waals surface area (Å²) in [4.78, 5) is 19.0. The Morgan fingerprint density at radius 3 is 2.55 bits per heavy atom. The molecular weight excluding hydrogens is 408 g/mol. The van der Waals surface area contributed by atoms with Gasteiger partial charge in [-0.3, -0.25) is 4.79 Å². The molecule has 2 saturated heterocycles. The standard InChI is InChI=1S/C21H22N2O4S2/c1-27-17-9-7-16(8-10-17)20(24)22-21-23(12-11-15-5-3-2-4-6-15)18-13-29(25,26)14-19(18)28-21/h2-10,18-19H,11-14H2,1H3/t18-,19-/m0/s1. The largest absolute Gasteiger partial charge is 0.497 e. The van der Waals surface area contributed by atoms with Crippen LogP contribution in [0.4, 0.5) is 0 Å². The Morgan fingerprint density at radius 2 is 1.86 bits per heavy atom. The van der Waals surface area contributed by atoms with Gasteiger partial charge in [-0.15, -0.1) is 0 Å². The molecule has 0 radical (unpaired) electrons. The van der Waals surface area contributed by atoms with Crippen LogP contribution in [-0.4, -0.2) is 60.8 Å². The maximum atomic E-state index is 12.7. The third-order valence-corrected chi connectivity index (χ3v) is 8.44. The number of hydrogen-bond donors (Lipinski definition) is 0. The SMILES string of the molecule is COc1ccc(C(=O)N=C2S[C@H]3CS(=O)(=O)C[C@@H]3N2CCc2ccccc2)cc1. The number of methoxy groups -OCH3 is 1. The fourth-order valence-electron chi connectivity index (χ4n) is 3.68. The number of rotatable bonds is 5. The highest BCUT2D eigenvalue weighted by atomic mass is 32.2. The van der Waals surface area contributed by atoms with Crippen molar-refractivity contribution in [1.82, 2.24) is 4.90 Å². The summed E-state index contributed by atoms with van der Waals surface area (Å²) in [6.45, 7) is 0.627. The van der Waals surface area contributed by atoms with Crippen molar-refractivity contribution in [3.8, 4) is 5.75 Å². The molecule has 2 aliphatic heterocycles. The Bertz CT molecular complexity index is 1020. The first-order chi connectivity index (χ1) is 13.9. The maximum Gasteiger partial charge on any atom is 0.279 e. The summed E-state index contributed by atoms with van der Waals surface area (Å²) < 4.78 is 29.4. The number of benzene rings is 2. The van der Waals surface area contributed by atoms with Crippen LogP contribution in [0.1, 0.15) is 15.9 Å². The van der Waals surface area contributed by atoms with E-state index in [0.717, 1.165) is 6.42 Å². The summed E-state index contributed by atoms with van der Waals surface area (Å²) in [5.41, 5.74) is 1.65. The summed E-state index contributed by atoms with van der Waals surface area (Å²) in [6, 6.07) is 16.7. The van der Waals surface area contributed by atoms with Crippen LogP contribution in [-0.2, 0) is 16.3 Å². The van der Waals surface area contributed by atoms with Gasteiger partial charge in [0.2, 0.25) is 0 Å². The number of fused-ring (bicyclic) bond motifs is 1. The van der Waals surface area contributed by atoms with Gasteiger partial charge in [-0.05, 0) is 36.2 Å². The Labute approximate surface area is 174 Å². The summed E-state index contributed by atoms with van der Waals surface area (Å²) >= 11 is 1.41. The molecule has 29 heavy (non-hydrogen) atoms. The Balaban J connectivity index is 1.56. The van der Waals surface area contributed by atoms with Gasteiger partial charge in [-0.25, -0.2) is 8.42 Å². The lowest BCUT2D eigenvalue weighted by atomic mass is 10.1. The van der Waals surface area contributed by atoms with E-state index >= 15 is 0 Å². The molecule has 6 nitrogen and oxygen atoms in total. The summed E-state index contributed by atoms with van der Waals surface area (Å²) in [6.07, 6.45) is 0.764. The zero-order chi connectivity index (χ0) is 20.4. The molecule has 0 aromatic heterocycles. The second kappa shape index (κ2) is 8.20. The van der Waals surface area contributed by atoms with E-state index in [2.05, 4.69) is 4.99 Å². The number of amides is 1. The van der Waals surface area contributed by atoms with Crippen molar-refractivity contribution in [1.29, 1.82) is 0 Å². The molecule has 2 aromatic rings. The van der Waals surface area contributed by atoms with Crippen molar-refractivity contribution >= 4 is 32.7 Å². The second-order valence-corrected chi connectivity index (χ2v) is 10.5. The molecule has 0 N–H and O–H groups in total. The van der Waals surface area contributed by atoms with Crippen LogP contribution < -0.4 is 4.74 Å². The average molecular weight is 431 g/mol. The van der Waals surface area contributed by atoms with Gasteiger partial charge in [-0.1, -0.05) is 42.1 Å². The van der Waals surface area contributed by atoms with Gasteiger partial charge in [0, 0.05) is 17.4 Å². The first kappa shape index (κ1) is 20.0. The van der Waals surface area contributed by atoms with E-state index in [1.54, 1.807) is 31.4 Å². The van der Waals surface area contributed by atoms with E-state index in [1.807, 2.05) is 35.2 Å². The minimum atomic E-state index is -3.05. The van der Waals surface area contributed by atoms with Crippen LogP contribution >= 0.6 is 11.8 Å². The van der Waals surface area contributed by atoms with Crippen molar-refractivity contribution in [3.63, 3.8) is 0 Å².